The Morgan fingerprint density at radius 3 is 1.25 bits per heavy atom. The average Bonchev–Trinajstić information content (AvgIpc) is 3.92. The van der Waals surface area contributed by atoms with Crippen molar-refractivity contribution in [2.75, 3.05) is 0 Å². The molecule has 0 atom stereocenters. The minimum absolute atomic E-state index is 0. The molecule has 1 radical (unpaired) electrons. The molecule has 7 aromatic rings. The zero-order valence-corrected chi connectivity index (χ0v) is 32.9. The van der Waals surface area contributed by atoms with Gasteiger partial charge < -0.3 is 9.97 Å². The Hall–Kier alpha value is -3.52. The van der Waals surface area contributed by atoms with Crippen LogP contribution in [0.2, 0.25) is 17.3 Å². The summed E-state index contributed by atoms with van der Waals surface area (Å²) >= 11 is 31.3. The number of aromatic nitrogens is 4. The zero-order chi connectivity index (χ0) is 35.0. The Morgan fingerprint density at radius 1 is 0.519 bits per heavy atom. The van der Waals surface area contributed by atoms with Crippen LogP contribution >= 0.6 is 91.8 Å². The second-order valence-electron chi connectivity index (χ2n) is 11.2. The fourth-order valence-electron chi connectivity index (χ4n) is 6.09. The summed E-state index contributed by atoms with van der Waals surface area (Å²) in [6.45, 7) is 0. The van der Waals surface area contributed by atoms with Gasteiger partial charge >= 0.3 is 17.1 Å². The van der Waals surface area contributed by atoms with Crippen LogP contribution in [0.4, 0.5) is 0 Å². The van der Waals surface area contributed by atoms with E-state index in [1.54, 1.807) is 12.1 Å². The van der Waals surface area contributed by atoms with Gasteiger partial charge in [-0.05, 0) is 60.7 Å². The molecule has 16 heteroatoms. The van der Waals surface area contributed by atoms with Crippen molar-refractivity contribution in [3.05, 3.63) is 123 Å². The number of thiophene rings is 4. The van der Waals surface area contributed by atoms with Gasteiger partial charge in [0, 0.05) is 47.8 Å². The molecule has 2 aliphatic rings. The van der Waals surface area contributed by atoms with Gasteiger partial charge in [-0.25, -0.2) is 9.97 Å². The normalized spacial score (nSPS) is 12.3. The summed E-state index contributed by atoms with van der Waals surface area (Å²) in [5, 5.41) is 12.8. The molecule has 8 bridgehead atoms. The summed E-state index contributed by atoms with van der Waals surface area (Å²) in [5.41, 5.74) is 6.66. The molecule has 259 valence electrons. The van der Waals surface area contributed by atoms with E-state index in [1.807, 2.05) is 72.8 Å². The molecule has 2 aliphatic heterocycles. The van der Waals surface area contributed by atoms with Crippen molar-refractivity contribution in [2.45, 2.75) is 0 Å². The van der Waals surface area contributed by atoms with E-state index in [0.717, 1.165) is 25.8 Å². The summed E-state index contributed by atoms with van der Waals surface area (Å²) < 4.78 is 2.31. The van der Waals surface area contributed by atoms with Crippen molar-refractivity contribution >= 4 is 138 Å². The molecule has 7 nitrogen and oxygen atoms in total. The van der Waals surface area contributed by atoms with Crippen LogP contribution in [-0.2, 0) is 17.1 Å². The molecule has 0 aliphatic carbocycles. The van der Waals surface area contributed by atoms with Crippen molar-refractivity contribution in [1.29, 1.82) is 0 Å². The molecule has 52 heavy (non-hydrogen) atoms. The van der Waals surface area contributed by atoms with Gasteiger partial charge in [-0.1, -0.05) is 70.7 Å². The molecule has 0 fully saturated rings. The predicted molar refractivity (Wildman–Crippen MR) is 216 cm³/mol. The van der Waals surface area contributed by atoms with Gasteiger partial charge in [0.15, 0.2) is 0 Å². The quantitative estimate of drug-likeness (QED) is 0.0970. The third-order valence-corrected chi connectivity index (χ3v) is 13.2. The first-order chi connectivity index (χ1) is 24.7. The number of hydrogen-bond donors (Lipinski definition) is 0. The third-order valence-electron chi connectivity index (χ3n) is 8.17. The first kappa shape index (κ1) is 35.5. The summed E-state index contributed by atoms with van der Waals surface area (Å²) in [5.74, 6) is 0. The maximum atomic E-state index is 12.8. The maximum Gasteiger partial charge on any atom is 2.00 e. The SMILES string of the molecule is O=[N+]([O-])C1=Cc2nc1c(-c1ccc(Cl)s1)c1ccc([n-]1)c(-c1ccc(Cl)s1)c1nc(c(-c3ccc(Cl)s3)c3ccc([n-]3)c2-c2ccc(Cl)s2)C=C1.[Cu+2]. The van der Waals surface area contributed by atoms with Crippen molar-refractivity contribution in [3.63, 3.8) is 0 Å². The van der Waals surface area contributed by atoms with Crippen LogP contribution in [0, 0.1) is 10.1 Å². The molecular formula is C36H15Cl4CuN5O2S4. The molecule has 0 N–H and O–H groups in total. The fourth-order valence-corrected chi connectivity index (χ4v) is 10.5. The van der Waals surface area contributed by atoms with Gasteiger partial charge in [-0.2, -0.15) is 0 Å². The third kappa shape index (κ3) is 6.31. The molecule has 0 amide bonds. The first-order valence-corrected chi connectivity index (χ1v) is 19.7. The maximum absolute atomic E-state index is 12.8. The monoisotopic (exact) mass is 880 g/mol. The van der Waals surface area contributed by atoms with Crippen LogP contribution in [0.1, 0.15) is 22.8 Å². The Kier molecular flexibility index (Phi) is 9.59. The van der Waals surface area contributed by atoms with Crippen molar-refractivity contribution in [3.8, 4) is 41.8 Å². The van der Waals surface area contributed by atoms with Gasteiger partial charge in [0.05, 0.1) is 39.4 Å². The van der Waals surface area contributed by atoms with Crippen molar-refractivity contribution in [1.82, 2.24) is 19.9 Å². The summed E-state index contributed by atoms with van der Waals surface area (Å²) in [6.07, 6.45) is 5.41. The van der Waals surface area contributed by atoms with Gasteiger partial charge in [0.1, 0.15) is 5.69 Å². The number of halogens is 4. The van der Waals surface area contributed by atoms with Gasteiger partial charge in [0.2, 0.25) is 0 Å². The van der Waals surface area contributed by atoms with Crippen molar-refractivity contribution < 1.29 is 22.0 Å². The Balaban J connectivity index is 0.00000387. The number of rotatable bonds is 5. The van der Waals surface area contributed by atoms with Gasteiger partial charge in [-0.15, -0.1) is 67.4 Å². The number of fused-ring (bicyclic) bond motifs is 8. The van der Waals surface area contributed by atoms with E-state index < -0.39 is 4.92 Å². The van der Waals surface area contributed by atoms with Crippen LogP contribution in [0.15, 0.2) is 72.8 Å². The zero-order valence-electron chi connectivity index (χ0n) is 25.7. The topological polar surface area (TPSA) is 97.1 Å². The van der Waals surface area contributed by atoms with E-state index >= 15 is 0 Å². The summed E-state index contributed by atoms with van der Waals surface area (Å²) in [4.78, 5) is 36.0. The van der Waals surface area contributed by atoms with Crippen LogP contribution in [0.3, 0.4) is 0 Å². The van der Waals surface area contributed by atoms with E-state index in [2.05, 4.69) is 0 Å². The Bertz CT molecular complexity index is 2820. The van der Waals surface area contributed by atoms with Gasteiger partial charge in [0.25, 0.3) is 5.70 Å². The molecule has 0 spiro atoms. The van der Waals surface area contributed by atoms with Crippen molar-refractivity contribution in [2.24, 2.45) is 0 Å². The molecule has 9 heterocycles. The van der Waals surface area contributed by atoms with E-state index in [1.165, 1.54) is 51.4 Å². The molecule has 0 saturated heterocycles. The second-order valence-corrected chi connectivity index (χ2v) is 18.1. The minimum Gasteiger partial charge on any atom is -0.657 e. The summed E-state index contributed by atoms with van der Waals surface area (Å²) in [6, 6.07) is 22.3. The number of hydrogen-bond acceptors (Lipinski definition) is 8. The number of nitrogens with zero attached hydrogens (tertiary/aromatic N) is 5. The van der Waals surface area contributed by atoms with E-state index in [-0.39, 0.29) is 28.5 Å². The van der Waals surface area contributed by atoms with E-state index in [9.17, 15) is 10.1 Å². The molecule has 0 aromatic carbocycles. The minimum atomic E-state index is -0.422. The van der Waals surface area contributed by atoms with Crippen LogP contribution in [0.25, 0.3) is 87.8 Å². The summed E-state index contributed by atoms with van der Waals surface area (Å²) in [7, 11) is 0. The second kappa shape index (κ2) is 14.0. The Morgan fingerprint density at radius 2 is 0.885 bits per heavy atom. The average molecular weight is 883 g/mol. The largest absolute Gasteiger partial charge is 2.00 e. The number of nitro groups is 1. The fraction of sp³-hybridized carbons (Fsp3) is 0. The predicted octanol–water partition coefficient (Wildman–Crippen LogP) is 13.0. The van der Waals surface area contributed by atoms with Crippen LogP contribution in [-0.4, -0.2) is 14.9 Å². The first-order valence-electron chi connectivity index (χ1n) is 15.0. The molecule has 7 aromatic heterocycles. The standard InChI is InChI=1S/C36H15Cl4N5O2S4.Cu/c37-28-11-7-24(48-28)32-16-1-2-17(41-16)33(25-8-12-29(38)49-25)19-5-6-21(43-19)35(27-10-14-31(40)51-27)36-23(45(46)47)15-22(44-36)34(20-4-3-18(32)42-20)26-9-13-30(39)50-26;/h1-15H;/q-2;+2. The molecule has 9 rings (SSSR count). The van der Waals surface area contributed by atoms with Crippen LogP contribution in [0.5, 0.6) is 0 Å². The van der Waals surface area contributed by atoms with E-state index in [4.69, 9.17) is 66.3 Å². The molecule has 0 unspecified atom stereocenters. The van der Waals surface area contributed by atoms with Crippen LogP contribution < -0.4 is 9.97 Å². The Labute approximate surface area is 341 Å². The van der Waals surface area contributed by atoms with E-state index in [0.29, 0.717) is 72.5 Å². The smallest absolute Gasteiger partial charge is 0.657 e. The van der Waals surface area contributed by atoms with Gasteiger partial charge in [-0.3, -0.25) is 10.1 Å². The molecule has 0 saturated carbocycles. The molecular weight excluding hydrogens is 868 g/mol.